The van der Waals surface area contributed by atoms with Gasteiger partial charge < -0.3 is 9.47 Å². The maximum Gasteiger partial charge on any atom is 0.332 e. The minimum absolute atomic E-state index is 0.283. The molecule has 0 amide bonds. The fourth-order valence-corrected chi connectivity index (χ4v) is 4.34. The van der Waals surface area contributed by atoms with E-state index >= 15 is 0 Å². The molecule has 2 atom stereocenters. The highest BCUT2D eigenvalue weighted by atomic mass is 16.2. The summed E-state index contributed by atoms with van der Waals surface area (Å²) in [7, 11) is 3.21. The normalized spacial score (nSPS) is 20.0. The van der Waals surface area contributed by atoms with Crippen LogP contribution < -0.4 is 16.1 Å². The van der Waals surface area contributed by atoms with E-state index in [1.54, 1.807) is 7.05 Å². The summed E-state index contributed by atoms with van der Waals surface area (Å²) in [5.74, 6) is 1.58. The molecular weight excluding hydrogens is 354 g/mol. The van der Waals surface area contributed by atoms with E-state index in [-0.39, 0.29) is 11.2 Å². The van der Waals surface area contributed by atoms with Crippen LogP contribution in [0.2, 0.25) is 0 Å². The average molecular weight is 382 g/mol. The lowest BCUT2D eigenvalue weighted by Crippen LogP contribution is -3.12. The second-order valence-corrected chi connectivity index (χ2v) is 8.11. The van der Waals surface area contributed by atoms with Crippen molar-refractivity contribution in [1.82, 2.24) is 18.7 Å². The van der Waals surface area contributed by atoms with Crippen molar-refractivity contribution in [3.63, 3.8) is 0 Å². The first-order valence-electron chi connectivity index (χ1n) is 9.98. The zero-order chi connectivity index (χ0) is 19.8. The lowest BCUT2D eigenvalue weighted by molar-refractivity contribution is -0.922. The third-order valence-corrected chi connectivity index (χ3v) is 5.88. The van der Waals surface area contributed by atoms with E-state index < -0.39 is 0 Å². The topological polar surface area (TPSA) is 66.3 Å². The van der Waals surface area contributed by atoms with Crippen LogP contribution in [0.5, 0.6) is 0 Å². The average Bonchev–Trinajstić information content (AvgIpc) is 3.03. The predicted octanol–water partition coefficient (Wildman–Crippen LogP) is 0.297. The number of hydrogen-bond acceptors (Lipinski definition) is 3. The molecule has 28 heavy (non-hydrogen) atoms. The van der Waals surface area contributed by atoms with Gasteiger partial charge in [0.25, 0.3) is 5.56 Å². The Kier molecular flexibility index (Phi) is 4.93. The summed E-state index contributed by atoms with van der Waals surface area (Å²) in [5, 5.41) is 0. The van der Waals surface area contributed by atoms with Crippen molar-refractivity contribution in [2.75, 3.05) is 13.1 Å². The SMILES string of the molecule is C[C@@H]1CCC[NH+](Cc2nc3c(c(=O)n(C)c(=O)n3C)n2Cc2ccccc2)C1. The van der Waals surface area contributed by atoms with Crippen LogP contribution in [0.25, 0.3) is 11.2 Å². The van der Waals surface area contributed by atoms with Gasteiger partial charge in [-0.05, 0) is 18.4 Å². The number of fused-ring (bicyclic) bond motifs is 1. The molecule has 1 aliphatic rings. The molecule has 2 aromatic heterocycles. The van der Waals surface area contributed by atoms with Crippen LogP contribution >= 0.6 is 0 Å². The lowest BCUT2D eigenvalue weighted by atomic mass is 10.0. The van der Waals surface area contributed by atoms with Gasteiger partial charge >= 0.3 is 5.69 Å². The second-order valence-electron chi connectivity index (χ2n) is 8.11. The van der Waals surface area contributed by atoms with Crippen molar-refractivity contribution >= 4 is 11.2 Å². The lowest BCUT2D eigenvalue weighted by Gasteiger charge is -2.27. The number of aryl methyl sites for hydroxylation is 1. The van der Waals surface area contributed by atoms with Gasteiger partial charge in [0.1, 0.15) is 6.54 Å². The van der Waals surface area contributed by atoms with Gasteiger partial charge in [-0.2, -0.15) is 0 Å². The van der Waals surface area contributed by atoms with Gasteiger partial charge in [0.2, 0.25) is 0 Å². The highest BCUT2D eigenvalue weighted by molar-refractivity contribution is 5.71. The van der Waals surface area contributed by atoms with E-state index in [1.165, 1.54) is 33.9 Å². The van der Waals surface area contributed by atoms with Crippen LogP contribution in [-0.2, 0) is 27.2 Å². The summed E-state index contributed by atoms with van der Waals surface area (Å²) in [5.41, 5.74) is 1.47. The highest BCUT2D eigenvalue weighted by Gasteiger charge is 2.25. The van der Waals surface area contributed by atoms with Gasteiger partial charge in [-0.3, -0.25) is 13.9 Å². The van der Waals surface area contributed by atoms with Gasteiger partial charge in [-0.25, -0.2) is 9.78 Å². The van der Waals surface area contributed by atoms with Gasteiger partial charge in [0.15, 0.2) is 17.0 Å². The van der Waals surface area contributed by atoms with E-state index in [0.717, 1.165) is 31.0 Å². The van der Waals surface area contributed by atoms with Crippen LogP contribution in [0.4, 0.5) is 0 Å². The van der Waals surface area contributed by atoms with Gasteiger partial charge in [-0.15, -0.1) is 0 Å². The summed E-state index contributed by atoms with van der Waals surface area (Å²) in [6.07, 6.45) is 2.49. The number of hydrogen-bond donors (Lipinski definition) is 1. The summed E-state index contributed by atoms with van der Waals surface area (Å²) in [4.78, 5) is 31.6. The number of aromatic nitrogens is 4. The molecule has 7 heteroatoms. The number of nitrogens with zero attached hydrogens (tertiary/aromatic N) is 4. The summed E-state index contributed by atoms with van der Waals surface area (Å²) in [6.45, 7) is 5.87. The zero-order valence-corrected chi connectivity index (χ0v) is 16.8. The Morgan fingerprint density at radius 1 is 1.14 bits per heavy atom. The molecular formula is C21H28N5O2+. The first-order valence-corrected chi connectivity index (χ1v) is 9.98. The van der Waals surface area contributed by atoms with Crippen molar-refractivity contribution in [3.8, 4) is 0 Å². The Morgan fingerprint density at radius 3 is 2.61 bits per heavy atom. The summed E-state index contributed by atoms with van der Waals surface area (Å²) < 4.78 is 4.67. The zero-order valence-electron chi connectivity index (χ0n) is 16.8. The molecule has 7 nitrogen and oxygen atoms in total. The standard InChI is InChI=1S/C21H27N5O2/c1-15-8-7-11-25(12-15)14-17-22-19-18(20(27)24(3)21(28)23(19)2)26(17)13-16-9-5-4-6-10-16/h4-6,9-10,15H,7-8,11-14H2,1-3H3/p+1/t15-/m1/s1. The Hall–Kier alpha value is -2.67. The molecule has 1 saturated heterocycles. The Labute approximate surface area is 163 Å². The molecule has 3 aromatic rings. The van der Waals surface area contributed by atoms with Crippen molar-refractivity contribution < 1.29 is 4.90 Å². The molecule has 1 unspecified atom stereocenters. The fraction of sp³-hybridized carbons (Fsp3) is 0.476. The van der Waals surface area contributed by atoms with Crippen LogP contribution in [0.15, 0.2) is 39.9 Å². The maximum atomic E-state index is 13.0. The molecule has 1 fully saturated rings. The molecule has 1 aromatic carbocycles. The van der Waals surface area contributed by atoms with E-state index in [4.69, 9.17) is 4.98 Å². The fourth-order valence-electron chi connectivity index (χ4n) is 4.34. The molecule has 0 saturated carbocycles. The number of quaternary nitrogens is 1. The molecule has 1 N–H and O–H groups in total. The van der Waals surface area contributed by atoms with Crippen LogP contribution in [0, 0.1) is 5.92 Å². The molecule has 1 aliphatic heterocycles. The number of benzene rings is 1. The number of imidazole rings is 1. The molecule has 0 spiro atoms. The molecule has 0 radical (unpaired) electrons. The molecule has 4 rings (SSSR count). The number of nitrogens with one attached hydrogen (secondary N) is 1. The van der Waals surface area contributed by atoms with Gasteiger partial charge in [0.05, 0.1) is 13.1 Å². The minimum Gasteiger partial charge on any atom is -0.328 e. The highest BCUT2D eigenvalue weighted by Crippen LogP contribution is 2.14. The van der Waals surface area contributed by atoms with Crippen molar-refractivity contribution in [2.45, 2.75) is 32.9 Å². The quantitative estimate of drug-likeness (QED) is 0.706. The van der Waals surface area contributed by atoms with Crippen molar-refractivity contribution in [3.05, 3.63) is 62.6 Å². The molecule has 0 aliphatic carbocycles. The van der Waals surface area contributed by atoms with E-state index in [0.29, 0.717) is 23.6 Å². The maximum absolute atomic E-state index is 13.0. The minimum atomic E-state index is -0.340. The largest absolute Gasteiger partial charge is 0.332 e. The Morgan fingerprint density at radius 2 is 1.89 bits per heavy atom. The van der Waals surface area contributed by atoms with E-state index in [1.807, 2.05) is 22.8 Å². The smallest absolute Gasteiger partial charge is 0.328 e. The first-order chi connectivity index (χ1) is 13.5. The molecule has 3 heterocycles. The van der Waals surface area contributed by atoms with Crippen molar-refractivity contribution in [1.29, 1.82) is 0 Å². The van der Waals surface area contributed by atoms with Crippen LogP contribution in [-0.4, -0.2) is 31.8 Å². The van der Waals surface area contributed by atoms with Crippen LogP contribution in [0.1, 0.15) is 31.2 Å². The third kappa shape index (κ3) is 3.30. The Bertz CT molecular complexity index is 1110. The second kappa shape index (κ2) is 7.39. The monoisotopic (exact) mass is 382 g/mol. The van der Waals surface area contributed by atoms with Crippen molar-refractivity contribution in [2.24, 2.45) is 20.0 Å². The van der Waals surface area contributed by atoms with E-state index in [9.17, 15) is 9.59 Å². The number of piperidine rings is 1. The van der Waals surface area contributed by atoms with Gasteiger partial charge in [0, 0.05) is 26.6 Å². The third-order valence-electron chi connectivity index (χ3n) is 5.88. The summed E-state index contributed by atoms with van der Waals surface area (Å²) in [6, 6.07) is 10.1. The Balaban J connectivity index is 1.86. The van der Waals surface area contributed by atoms with Gasteiger partial charge in [-0.1, -0.05) is 37.3 Å². The number of rotatable bonds is 4. The molecule has 0 bridgehead atoms. The first kappa shape index (κ1) is 18.7. The van der Waals surface area contributed by atoms with Crippen LogP contribution in [0.3, 0.4) is 0 Å². The summed E-state index contributed by atoms with van der Waals surface area (Å²) >= 11 is 0. The predicted molar refractivity (Wildman–Crippen MR) is 109 cm³/mol. The van der Waals surface area contributed by atoms with E-state index in [2.05, 4.69) is 19.1 Å². The molecule has 148 valence electrons. The number of likely N-dealkylation sites (tertiary alicyclic amines) is 1.